The molecule has 1 aromatic rings. The van der Waals surface area contributed by atoms with Gasteiger partial charge in [-0.25, -0.2) is 0 Å². The fourth-order valence-corrected chi connectivity index (χ4v) is 3.12. The second-order valence-electron chi connectivity index (χ2n) is 5.89. The van der Waals surface area contributed by atoms with Gasteiger partial charge in [0.15, 0.2) is 0 Å². The maximum atomic E-state index is 5.50. The highest BCUT2D eigenvalue weighted by atomic mass is 16.5. The summed E-state index contributed by atoms with van der Waals surface area (Å²) in [6, 6.07) is 11.5. The molecule has 0 radical (unpaired) electrons. The molecule has 1 fully saturated rings. The summed E-state index contributed by atoms with van der Waals surface area (Å²) < 4.78 is 5.50. The smallest absolute Gasteiger partial charge is 0.0469 e. The Labute approximate surface area is 123 Å². The van der Waals surface area contributed by atoms with E-state index < -0.39 is 0 Å². The molecule has 1 atom stereocenters. The van der Waals surface area contributed by atoms with Crippen molar-refractivity contribution >= 4 is 0 Å². The molecule has 2 rings (SSSR count). The molecular formula is C18H29NO. The largest absolute Gasteiger partial charge is 0.381 e. The van der Waals surface area contributed by atoms with E-state index in [-0.39, 0.29) is 0 Å². The number of aryl methyl sites for hydroxylation is 1. The molecule has 1 saturated heterocycles. The van der Waals surface area contributed by atoms with Gasteiger partial charge in [0.1, 0.15) is 0 Å². The molecule has 1 N–H and O–H groups in total. The van der Waals surface area contributed by atoms with E-state index in [9.17, 15) is 0 Å². The summed E-state index contributed by atoms with van der Waals surface area (Å²) in [5.41, 5.74) is 1.47. The van der Waals surface area contributed by atoms with Crippen molar-refractivity contribution in [1.29, 1.82) is 0 Å². The quantitative estimate of drug-likeness (QED) is 0.779. The molecule has 0 saturated carbocycles. The van der Waals surface area contributed by atoms with Crippen LogP contribution in [0, 0.1) is 5.92 Å². The van der Waals surface area contributed by atoms with E-state index in [1.165, 1.54) is 44.1 Å². The second-order valence-corrected chi connectivity index (χ2v) is 5.89. The average Bonchev–Trinajstić information content (AvgIpc) is 2.52. The Kier molecular flexibility index (Phi) is 7.10. The van der Waals surface area contributed by atoms with Gasteiger partial charge >= 0.3 is 0 Å². The summed E-state index contributed by atoms with van der Waals surface area (Å²) in [5.74, 6) is 0.811. The van der Waals surface area contributed by atoms with E-state index in [4.69, 9.17) is 4.74 Å². The fraction of sp³-hybridized carbons (Fsp3) is 0.667. The number of benzene rings is 1. The maximum Gasteiger partial charge on any atom is 0.0469 e. The van der Waals surface area contributed by atoms with Crippen LogP contribution >= 0.6 is 0 Å². The first-order valence-electron chi connectivity index (χ1n) is 8.25. The molecule has 0 aliphatic carbocycles. The van der Waals surface area contributed by atoms with Crippen LogP contribution in [-0.4, -0.2) is 25.8 Å². The summed E-state index contributed by atoms with van der Waals surface area (Å²) in [5, 5.41) is 3.77. The molecule has 0 amide bonds. The summed E-state index contributed by atoms with van der Waals surface area (Å²) >= 11 is 0. The van der Waals surface area contributed by atoms with Crippen molar-refractivity contribution in [2.75, 3.05) is 19.8 Å². The normalized spacial score (nSPS) is 18.1. The van der Waals surface area contributed by atoms with Crippen LogP contribution in [0.25, 0.3) is 0 Å². The third-order valence-electron chi connectivity index (χ3n) is 4.31. The van der Waals surface area contributed by atoms with Crippen molar-refractivity contribution in [2.45, 2.75) is 51.5 Å². The minimum atomic E-state index is 0.683. The predicted octanol–water partition coefficient (Wildman–Crippen LogP) is 3.80. The van der Waals surface area contributed by atoms with Crippen molar-refractivity contribution in [1.82, 2.24) is 5.32 Å². The number of nitrogens with one attached hydrogen (secondary N) is 1. The minimum Gasteiger partial charge on any atom is -0.381 e. The van der Waals surface area contributed by atoms with Crippen LogP contribution in [0.2, 0.25) is 0 Å². The molecule has 0 spiro atoms. The molecule has 112 valence electrons. The van der Waals surface area contributed by atoms with Crippen molar-refractivity contribution in [3.8, 4) is 0 Å². The number of hydrogen-bond acceptors (Lipinski definition) is 2. The van der Waals surface area contributed by atoms with Crippen LogP contribution < -0.4 is 5.32 Å². The first-order chi connectivity index (χ1) is 9.90. The van der Waals surface area contributed by atoms with E-state index in [0.29, 0.717) is 6.04 Å². The van der Waals surface area contributed by atoms with Gasteiger partial charge in [-0.15, -0.1) is 0 Å². The molecule has 20 heavy (non-hydrogen) atoms. The SMILES string of the molecule is CCCNC(CCCc1ccccc1)C1CCOCC1. The molecular weight excluding hydrogens is 246 g/mol. The Morgan fingerprint density at radius 3 is 2.65 bits per heavy atom. The lowest BCUT2D eigenvalue weighted by molar-refractivity contribution is 0.0523. The Balaban J connectivity index is 1.77. The Morgan fingerprint density at radius 2 is 1.95 bits per heavy atom. The van der Waals surface area contributed by atoms with Crippen molar-refractivity contribution < 1.29 is 4.74 Å². The van der Waals surface area contributed by atoms with Gasteiger partial charge in [0.05, 0.1) is 0 Å². The highest BCUT2D eigenvalue weighted by Crippen LogP contribution is 2.22. The van der Waals surface area contributed by atoms with Crippen molar-refractivity contribution in [3.63, 3.8) is 0 Å². The number of ether oxygens (including phenoxy) is 1. The summed E-state index contributed by atoms with van der Waals surface area (Å²) in [7, 11) is 0. The fourth-order valence-electron chi connectivity index (χ4n) is 3.12. The monoisotopic (exact) mass is 275 g/mol. The lowest BCUT2D eigenvalue weighted by atomic mass is 9.88. The molecule has 0 aromatic heterocycles. The highest BCUT2D eigenvalue weighted by Gasteiger charge is 2.22. The molecule has 1 heterocycles. The second kappa shape index (κ2) is 9.15. The summed E-state index contributed by atoms with van der Waals surface area (Å²) in [4.78, 5) is 0. The molecule has 2 heteroatoms. The first kappa shape index (κ1) is 15.5. The van der Waals surface area contributed by atoms with E-state index in [1.54, 1.807) is 0 Å². The van der Waals surface area contributed by atoms with Gasteiger partial charge in [0.2, 0.25) is 0 Å². The van der Waals surface area contributed by atoms with Crippen LogP contribution in [0.15, 0.2) is 30.3 Å². The highest BCUT2D eigenvalue weighted by molar-refractivity contribution is 5.14. The van der Waals surface area contributed by atoms with Crippen molar-refractivity contribution in [3.05, 3.63) is 35.9 Å². The van der Waals surface area contributed by atoms with Gasteiger partial charge in [-0.05, 0) is 56.6 Å². The average molecular weight is 275 g/mol. The lowest BCUT2D eigenvalue weighted by Crippen LogP contribution is -2.39. The van der Waals surface area contributed by atoms with Crippen LogP contribution in [0.4, 0.5) is 0 Å². The third kappa shape index (κ3) is 5.26. The van der Waals surface area contributed by atoms with Gasteiger partial charge < -0.3 is 10.1 Å². The first-order valence-corrected chi connectivity index (χ1v) is 8.25. The maximum absolute atomic E-state index is 5.50. The van der Waals surface area contributed by atoms with E-state index in [1.807, 2.05) is 0 Å². The van der Waals surface area contributed by atoms with Crippen LogP contribution in [0.1, 0.15) is 44.6 Å². The van der Waals surface area contributed by atoms with Gasteiger partial charge in [-0.1, -0.05) is 37.3 Å². The zero-order chi connectivity index (χ0) is 14.0. The Hall–Kier alpha value is -0.860. The zero-order valence-electron chi connectivity index (χ0n) is 12.8. The molecule has 1 aromatic carbocycles. The predicted molar refractivity (Wildman–Crippen MR) is 85.0 cm³/mol. The summed E-state index contributed by atoms with van der Waals surface area (Å²) in [6.07, 6.45) is 7.45. The van der Waals surface area contributed by atoms with Crippen LogP contribution in [0.3, 0.4) is 0 Å². The van der Waals surface area contributed by atoms with E-state index >= 15 is 0 Å². The van der Waals surface area contributed by atoms with E-state index in [0.717, 1.165) is 25.7 Å². The Bertz CT molecular complexity index is 346. The zero-order valence-corrected chi connectivity index (χ0v) is 12.8. The van der Waals surface area contributed by atoms with Crippen LogP contribution in [-0.2, 0) is 11.2 Å². The lowest BCUT2D eigenvalue weighted by Gasteiger charge is -2.31. The van der Waals surface area contributed by atoms with Gasteiger partial charge in [-0.2, -0.15) is 0 Å². The molecule has 2 nitrogen and oxygen atoms in total. The number of rotatable bonds is 8. The molecule has 1 aliphatic rings. The van der Waals surface area contributed by atoms with E-state index in [2.05, 4.69) is 42.6 Å². The van der Waals surface area contributed by atoms with Gasteiger partial charge in [-0.3, -0.25) is 0 Å². The molecule has 0 bridgehead atoms. The van der Waals surface area contributed by atoms with Crippen molar-refractivity contribution in [2.24, 2.45) is 5.92 Å². The molecule has 1 aliphatic heterocycles. The standard InChI is InChI=1S/C18H29NO/c1-2-13-19-18(17-11-14-20-15-12-17)10-6-9-16-7-4-3-5-8-16/h3-5,7-8,17-19H,2,6,9-15H2,1H3. The van der Waals surface area contributed by atoms with Crippen LogP contribution in [0.5, 0.6) is 0 Å². The number of hydrogen-bond donors (Lipinski definition) is 1. The minimum absolute atomic E-state index is 0.683. The van der Waals surface area contributed by atoms with Gasteiger partial charge in [0, 0.05) is 19.3 Å². The molecule has 1 unspecified atom stereocenters. The van der Waals surface area contributed by atoms with Gasteiger partial charge in [0.25, 0.3) is 0 Å². The topological polar surface area (TPSA) is 21.3 Å². The summed E-state index contributed by atoms with van der Waals surface area (Å²) in [6.45, 7) is 5.30. The Morgan fingerprint density at radius 1 is 1.20 bits per heavy atom. The third-order valence-corrected chi connectivity index (χ3v) is 4.31.